The molecule has 0 aromatic heterocycles. The van der Waals surface area contributed by atoms with E-state index in [1.54, 1.807) is 12.1 Å². The number of benzene rings is 2. The fraction of sp³-hybridized carbons (Fsp3) is 0.400. The van der Waals surface area contributed by atoms with E-state index in [9.17, 15) is 16.8 Å². The monoisotopic (exact) mass is 437 g/mol. The van der Waals surface area contributed by atoms with E-state index in [0.717, 1.165) is 57.0 Å². The molecule has 1 heterocycles. The van der Waals surface area contributed by atoms with Gasteiger partial charge in [-0.15, -0.1) is 0 Å². The normalized spacial score (nSPS) is 15.4. The Balaban J connectivity index is 1.56. The summed E-state index contributed by atoms with van der Waals surface area (Å²) >= 11 is 0. The van der Waals surface area contributed by atoms with Crippen molar-refractivity contribution < 1.29 is 16.8 Å². The molecule has 2 aromatic rings. The molecule has 0 radical (unpaired) electrons. The lowest BCUT2D eigenvalue weighted by atomic mass is 10.0. The van der Waals surface area contributed by atoms with Gasteiger partial charge in [0.05, 0.1) is 12.5 Å². The van der Waals surface area contributed by atoms with Crippen LogP contribution in [0, 0.1) is 0 Å². The Bertz CT molecular complexity index is 1070. The minimum absolute atomic E-state index is 0.569. The molecule has 3 rings (SSSR count). The van der Waals surface area contributed by atoms with Gasteiger partial charge in [-0.3, -0.25) is 9.44 Å². The van der Waals surface area contributed by atoms with Crippen LogP contribution in [0.25, 0.3) is 0 Å². The molecule has 158 valence electrons. The molecule has 2 aromatic carbocycles. The van der Waals surface area contributed by atoms with Crippen LogP contribution < -0.4 is 9.44 Å². The molecule has 0 amide bonds. The zero-order valence-corrected chi connectivity index (χ0v) is 18.3. The van der Waals surface area contributed by atoms with Crippen LogP contribution in [-0.2, 0) is 39.3 Å². The van der Waals surface area contributed by atoms with E-state index < -0.39 is 20.0 Å². The predicted octanol–water partition coefficient (Wildman–Crippen LogP) is 2.07. The van der Waals surface area contributed by atoms with Crippen LogP contribution in [-0.4, -0.2) is 53.9 Å². The Hall–Kier alpha value is -2.10. The highest BCUT2D eigenvalue weighted by Crippen LogP contribution is 2.21. The lowest BCUT2D eigenvalue weighted by Crippen LogP contribution is -2.28. The second-order valence-electron chi connectivity index (χ2n) is 7.52. The van der Waals surface area contributed by atoms with Crippen LogP contribution >= 0.6 is 0 Å². The molecular weight excluding hydrogens is 410 g/mol. The number of sulfonamides is 2. The van der Waals surface area contributed by atoms with Crippen LogP contribution in [0.15, 0.2) is 42.5 Å². The van der Waals surface area contributed by atoms with E-state index in [-0.39, 0.29) is 0 Å². The maximum absolute atomic E-state index is 11.4. The van der Waals surface area contributed by atoms with Crippen molar-refractivity contribution in [3.8, 4) is 0 Å². The van der Waals surface area contributed by atoms with Crippen molar-refractivity contribution in [2.75, 3.05) is 41.6 Å². The van der Waals surface area contributed by atoms with Gasteiger partial charge in [-0.1, -0.05) is 18.2 Å². The Morgan fingerprint density at radius 1 is 0.793 bits per heavy atom. The number of hydrogen-bond donors (Lipinski definition) is 2. The standard InChI is InChI=1S/C20H27N3O4S2/c1-28(24,25)21-19-6-3-16(4-7-19)9-12-23-13-10-17-5-8-20(22-29(2,26)27)15-18(17)11-14-23/h3-8,15,21-22H,9-14H2,1-2H3. The first-order valence-electron chi connectivity index (χ1n) is 9.46. The minimum Gasteiger partial charge on any atom is -0.302 e. The highest BCUT2D eigenvalue weighted by Gasteiger charge is 2.15. The molecule has 0 fully saturated rings. The lowest BCUT2D eigenvalue weighted by Gasteiger charge is -2.19. The molecule has 0 saturated heterocycles. The molecule has 0 bridgehead atoms. The van der Waals surface area contributed by atoms with Crippen LogP contribution in [0.1, 0.15) is 16.7 Å². The molecule has 29 heavy (non-hydrogen) atoms. The van der Waals surface area contributed by atoms with E-state index in [1.807, 2.05) is 30.3 Å². The summed E-state index contributed by atoms with van der Waals surface area (Å²) in [7, 11) is -6.53. The highest BCUT2D eigenvalue weighted by atomic mass is 32.2. The molecule has 0 atom stereocenters. The van der Waals surface area contributed by atoms with Crippen molar-refractivity contribution in [1.82, 2.24) is 4.90 Å². The van der Waals surface area contributed by atoms with Gasteiger partial charge in [-0.05, 0) is 60.2 Å². The second-order valence-corrected chi connectivity index (χ2v) is 11.0. The molecule has 7 nitrogen and oxygen atoms in total. The fourth-order valence-electron chi connectivity index (χ4n) is 3.51. The van der Waals surface area contributed by atoms with Crippen LogP contribution in [0.5, 0.6) is 0 Å². The van der Waals surface area contributed by atoms with Gasteiger partial charge in [0.2, 0.25) is 20.0 Å². The van der Waals surface area contributed by atoms with E-state index >= 15 is 0 Å². The van der Waals surface area contributed by atoms with Crippen molar-refractivity contribution in [1.29, 1.82) is 0 Å². The molecule has 1 aliphatic heterocycles. The van der Waals surface area contributed by atoms with Crippen molar-refractivity contribution in [2.24, 2.45) is 0 Å². The first kappa shape index (κ1) is 21.6. The molecule has 0 unspecified atom stereocenters. The summed E-state index contributed by atoms with van der Waals surface area (Å²) in [6, 6.07) is 13.2. The maximum atomic E-state index is 11.4. The van der Waals surface area contributed by atoms with Crippen molar-refractivity contribution in [3.63, 3.8) is 0 Å². The number of nitrogens with one attached hydrogen (secondary N) is 2. The number of fused-ring (bicyclic) bond motifs is 1. The van der Waals surface area contributed by atoms with Crippen molar-refractivity contribution >= 4 is 31.4 Å². The number of nitrogens with zero attached hydrogens (tertiary/aromatic N) is 1. The molecule has 0 spiro atoms. The number of anilines is 2. The van der Waals surface area contributed by atoms with Crippen molar-refractivity contribution in [2.45, 2.75) is 19.3 Å². The summed E-state index contributed by atoms with van der Waals surface area (Å²) < 4.78 is 50.5. The quantitative estimate of drug-likeness (QED) is 0.691. The van der Waals surface area contributed by atoms with E-state index in [1.165, 1.54) is 11.1 Å². The Morgan fingerprint density at radius 3 is 1.97 bits per heavy atom. The maximum Gasteiger partial charge on any atom is 0.229 e. The van der Waals surface area contributed by atoms with Gasteiger partial charge in [0.25, 0.3) is 0 Å². The molecule has 1 aliphatic rings. The van der Waals surface area contributed by atoms with Crippen LogP contribution in [0.3, 0.4) is 0 Å². The van der Waals surface area contributed by atoms with Gasteiger partial charge < -0.3 is 4.90 Å². The molecule has 0 saturated carbocycles. The van der Waals surface area contributed by atoms with Gasteiger partial charge in [-0.2, -0.15) is 0 Å². The zero-order chi connectivity index (χ0) is 21.1. The predicted molar refractivity (Wildman–Crippen MR) is 117 cm³/mol. The molecule has 0 aliphatic carbocycles. The van der Waals surface area contributed by atoms with Gasteiger partial charge in [0.1, 0.15) is 0 Å². The molecule has 9 heteroatoms. The van der Waals surface area contributed by atoms with E-state index in [4.69, 9.17) is 0 Å². The third-order valence-electron chi connectivity index (χ3n) is 4.88. The van der Waals surface area contributed by atoms with Gasteiger partial charge in [0.15, 0.2) is 0 Å². The van der Waals surface area contributed by atoms with Gasteiger partial charge in [0, 0.05) is 31.0 Å². The second kappa shape index (κ2) is 8.73. The Labute approximate surface area is 173 Å². The average molecular weight is 438 g/mol. The van der Waals surface area contributed by atoms with Crippen molar-refractivity contribution in [3.05, 3.63) is 59.2 Å². The smallest absolute Gasteiger partial charge is 0.229 e. The first-order valence-corrected chi connectivity index (χ1v) is 13.2. The van der Waals surface area contributed by atoms with Gasteiger partial charge >= 0.3 is 0 Å². The first-order chi connectivity index (χ1) is 13.6. The largest absolute Gasteiger partial charge is 0.302 e. The highest BCUT2D eigenvalue weighted by molar-refractivity contribution is 7.92. The molecular formula is C20H27N3O4S2. The zero-order valence-electron chi connectivity index (χ0n) is 16.7. The topological polar surface area (TPSA) is 95.6 Å². The lowest BCUT2D eigenvalue weighted by molar-refractivity contribution is 0.291. The summed E-state index contributed by atoms with van der Waals surface area (Å²) in [6.07, 6.45) is 5.00. The summed E-state index contributed by atoms with van der Waals surface area (Å²) in [4.78, 5) is 2.41. The summed E-state index contributed by atoms with van der Waals surface area (Å²) in [6.45, 7) is 2.80. The van der Waals surface area contributed by atoms with Gasteiger partial charge in [-0.25, -0.2) is 16.8 Å². The Kier molecular flexibility index (Phi) is 6.50. The third-order valence-corrected chi connectivity index (χ3v) is 6.09. The SMILES string of the molecule is CS(=O)(=O)Nc1ccc(CCN2CCc3ccc(NS(C)(=O)=O)cc3CC2)cc1. The van der Waals surface area contributed by atoms with E-state index in [0.29, 0.717) is 11.4 Å². The van der Waals surface area contributed by atoms with Crippen LogP contribution in [0.4, 0.5) is 11.4 Å². The van der Waals surface area contributed by atoms with E-state index in [2.05, 4.69) is 14.3 Å². The summed E-state index contributed by atoms with van der Waals surface area (Å²) in [5.74, 6) is 0. The number of rotatable bonds is 7. The average Bonchev–Trinajstić information content (AvgIpc) is 2.80. The minimum atomic E-state index is -3.27. The third kappa shape index (κ3) is 7.02. The Morgan fingerprint density at radius 2 is 1.34 bits per heavy atom. The molecule has 2 N–H and O–H groups in total. The van der Waals surface area contributed by atoms with Crippen LogP contribution in [0.2, 0.25) is 0 Å². The summed E-state index contributed by atoms with van der Waals surface area (Å²) in [5.41, 5.74) is 4.80. The summed E-state index contributed by atoms with van der Waals surface area (Å²) in [5, 5.41) is 0. The fourth-order valence-corrected chi connectivity index (χ4v) is 4.63. The number of hydrogen-bond acceptors (Lipinski definition) is 5.